The van der Waals surface area contributed by atoms with Crippen LogP contribution in [0.1, 0.15) is 122 Å². The van der Waals surface area contributed by atoms with Crippen LogP contribution >= 0.6 is 0 Å². The summed E-state index contributed by atoms with van der Waals surface area (Å²) in [7, 11) is 0. The van der Waals surface area contributed by atoms with E-state index in [2.05, 4.69) is 6.92 Å². The minimum atomic E-state index is -0.353. The maximum atomic E-state index is 12.7. The Morgan fingerprint density at radius 2 is 1.39 bits per heavy atom. The van der Waals surface area contributed by atoms with Gasteiger partial charge in [-0.1, -0.05) is 45.4 Å². The van der Waals surface area contributed by atoms with Gasteiger partial charge in [0.1, 0.15) is 6.10 Å². The summed E-state index contributed by atoms with van der Waals surface area (Å²) in [4.78, 5) is 23.5. The van der Waals surface area contributed by atoms with Crippen LogP contribution in [0, 0.1) is 27.9 Å². The number of esters is 1. The van der Waals surface area contributed by atoms with Crippen LogP contribution in [0.15, 0.2) is 0 Å². The monoisotopic (exact) mass is 465 g/mol. The van der Waals surface area contributed by atoms with Crippen LogP contribution in [-0.2, 0) is 14.3 Å². The fraction of sp³-hybridized carbons (Fsp3) is 0.963. The van der Waals surface area contributed by atoms with Crippen LogP contribution in [-0.4, -0.2) is 35.7 Å². The molecule has 0 aromatic heterocycles. The third-order valence-corrected chi connectivity index (χ3v) is 8.48. The fourth-order valence-electron chi connectivity index (χ4n) is 6.10. The molecule has 3 rings (SSSR count). The van der Waals surface area contributed by atoms with Crippen molar-refractivity contribution in [3.8, 4) is 0 Å². The van der Waals surface area contributed by atoms with E-state index in [9.17, 15) is 14.9 Å². The van der Waals surface area contributed by atoms with Gasteiger partial charge in [-0.25, -0.2) is 0 Å². The number of nitro groups is 1. The maximum Gasteiger partial charge on any atom is 0.309 e. The van der Waals surface area contributed by atoms with Gasteiger partial charge in [0.25, 0.3) is 0 Å². The maximum absolute atomic E-state index is 12.7. The summed E-state index contributed by atoms with van der Waals surface area (Å²) in [5.74, 6) is 1.35. The van der Waals surface area contributed by atoms with E-state index in [1.165, 1.54) is 51.4 Å². The molecule has 0 atom stereocenters. The smallest absolute Gasteiger partial charge is 0.309 e. The molecule has 3 aliphatic carbocycles. The van der Waals surface area contributed by atoms with E-state index in [0.717, 1.165) is 57.3 Å². The van der Waals surface area contributed by atoms with Crippen molar-refractivity contribution in [3.05, 3.63) is 10.1 Å². The molecular formula is C27H47NO5. The van der Waals surface area contributed by atoms with Crippen molar-refractivity contribution in [1.82, 2.24) is 0 Å². The van der Waals surface area contributed by atoms with Gasteiger partial charge in [-0.2, -0.15) is 0 Å². The van der Waals surface area contributed by atoms with Crippen LogP contribution in [0.25, 0.3) is 0 Å². The first-order chi connectivity index (χ1) is 16.0. The lowest BCUT2D eigenvalue weighted by molar-refractivity contribution is -0.527. The first-order valence-electron chi connectivity index (χ1n) is 14.0. The van der Waals surface area contributed by atoms with Crippen molar-refractivity contribution in [1.29, 1.82) is 0 Å². The highest BCUT2D eigenvalue weighted by molar-refractivity contribution is 5.72. The molecule has 0 heterocycles. The lowest BCUT2D eigenvalue weighted by Gasteiger charge is -2.32. The molecule has 33 heavy (non-hydrogen) atoms. The van der Waals surface area contributed by atoms with Crippen LogP contribution in [0.2, 0.25) is 0 Å². The molecule has 0 unspecified atom stereocenters. The molecule has 0 spiro atoms. The zero-order chi connectivity index (χ0) is 23.5. The van der Waals surface area contributed by atoms with E-state index in [0.29, 0.717) is 25.4 Å². The van der Waals surface area contributed by atoms with Crippen molar-refractivity contribution in [2.24, 2.45) is 17.8 Å². The highest BCUT2D eigenvalue weighted by atomic mass is 16.6. The van der Waals surface area contributed by atoms with Crippen LogP contribution in [0.3, 0.4) is 0 Å². The number of rotatable bonds is 12. The highest BCUT2D eigenvalue weighted by Crippen LogP contribution is 2.33. The standard InChI is InChI=1S/C27H47NO5/c1-2-3-4-5-6-7-21-10-16-26(17-11-21)33-27(29)23-12-18-25(19-13-23)32-20-22-8-14-24(15-9-22)28(30)31/h21-26H,2-20H2,1H3. The van der Waals surface area contributed by atoms with Gasteiger partial charge in [0.15, 0.2) is 0 Å². The van der Waals surface area contributed by atoms with Gasteiger partial charge in [0.05, 0.1) is 12.0 Å². The zero-order valence-corrected chi connectivity index (χ0v) is 20.9. The van der Waals surface area contributed by atoms with Gasteiger partial charge in [-0.15, -0.1) is 0 Å². The van der Waals surface area contributed by atoms with Crippen molar-refractivity contribution in [2.45, 2.75) is 141 Å². The Morgan fingerprint density at radius 1 is 0.788 bits per heavy atom. The summed E-state index contributed by atoms with van der Waals surface area (Å²) in [6.45, 7) is 2.98. The second-order valence-corrected chi connectivity index (χ2v) is 11.0. The number of unbranched alkanes of at least 4 members (excludes halogenated alkanes) is 4. The molecule has 3 aliphatic rings. The van der Waals surface area contributed by atoms with Crippen molar-refractivity contribution in [3.63, 3.8) is 0 Å². The van der Waals surface area contributed by atoms with E-state index in [4.69, 9.17) is 9.47 Å². The predicted octanol–water partition coefficient (Wildman–Crippen LogP) is 6.86. The molecule has 190 valence electrons. The summed E-state index contributed by atoms with van der Waals surface area (Å²) < 4.78 is 12.1. The molecule has 0 saturated heterocycles. The Morgan fingerprint density at radius 3 is 2.03 bits per heavy atom. The first-order valence-corrected chi connectivity index (χ1v) is 14.0. The molecule has 0 amide bonds. The Balaban J connectivity index is 1.23. The van der Waals surface area contributed by atoms with Gasteiger partial charge in [-0.3, -0.25) is 14.9 Å². The highest BCUT2D eigenvalue weighted by Gasteiger charge is 2.32. The minimum absolute atomic E-state index is 0.0227. The largest absolute Gasteiger partial charge is 0.462 e. The third kappa shape index (κ3) is 9.18. The SMILES string of the molecule is CCCCCCCC1CCC(OC(=O)C2CCC(OCC3CCC([N+](=O)[O-])CC3)CC2)CC1. The number of carbonyl (C=O) groups excluding carboxylic acids is 1. The number of ether oxygens (including phenoxy) is 2. The molecule has 0 aliphatic heterocycles. The molecule has 3 saturated carbocycles. The van der Waals surface area contributed by atoms with Crippen molar-refractivity contribution in [2.75, 3.05) is 6.61 Å². The van der Waals surface area contributed by atoms with Gasteiger partial charge in [0.2, 0.25) is 6.04 Å². The molecule has 6 heteroatoms. The molecule has 0 bridgehead atoms. The molecule has 6 nitrogen and oxygen atoms in total. The molecule has 3 fully saturated rings. The summed E-state index contributed by atoms with van der Waals surface area (Å²) in [5, 5.41) is 10.9. The van der Waals surface area contributed by atoms with Gasteiger partial charge in [-0.05, 0) is 76.0 Å². The van der Waals surface area contributed by atoms with E-state index >= 15 is 0 Å². The summed E-state index contributed by atoms with van der Waals surface area (Å²) in [6.07, 6.45) is 19.8. The Bertz CT molecular complexity index is 573. The Kier molecular flexibility index (Phi) is 11.4. The fourth-order valence-corrected chi connectivity index (χ4v) is 6.10. The van der Waals surface area contributed by atoms with Gasteiger partial charge < -0.3 is 9.47 Å². The number of hydrogen-bond acceptors (Lipinski definition) is 5. The molecule has 0 aromatic carbocycles. The van der Waals surface area contributed by atoms with E-state index in [1.807, 2.05) is 0 Å². The second-order valence-electron chi connectivity index (χ2n) is 11.0. The predicted molar refractivity (Wildman–Crippen MR) is 130 cm³/mol. The Hall–Kier alpha value is -1.17. The van der Waals surface area contributed by atoms with Gasteiger partial charge >= 0.3 is 5.97 Å². The quantitative estimate of drug-likeness (QED) is 0.136. The summed E-state index contributed by atoms with van der Waals surface area (Å²) >= 11 is 0. The average molecular weight is 466 g/mol. The van der Waals surface area contributed by atoms with E-state index < -0.39 is 0 Å². The summed E-state index contributed by atoms with van der Waals surface area (Å²) in [5.41, 5.74) is 0. The zero-order valence-electron chi connectivity index (χ0n) is 20.9. The van der Waals surface area contributed by atoms with Crippen molar-refractivity contribution >= 4 is 5.97 Å². The first kappa shape index (κ1) is 26.4. The average Bonchev–Trinajstić information content (AvgIpc) is 2.84. The van der Waals surface area contributed by atoms with Crippen molar-refractivity contribution < 1.29 is 19.2 Å². The summed E-state index contributed by atoms with van der Waals surface area (Å²) in [6, 6.07) is -0.353. The molecule has 0 N–H and O–H groups in total. The Labute approximate surface area is 200 Å². The number of hydrogen-bond donors (Lipinski definition) is 0. The van der Waals surface area contributed by atoms with E-state index in [1.54, 1.807) is 0 Å². The normalized spacial score (nSPS) is 32.9. The van der Waals surface area contributed by atoms with E-state index in [-0.39, 0.29) is 35.1 Å². The molecular weight excluding hydrogens is 418 g/mol. The lowest BCUT2D eigenvalue weighted by atomic mass is 9.83. The third-order valence-electron chi connectivity index (χ3n) is 8.48. The van der Waals surface area contributed by atoms with Gasteiger partial charge in [0, 0.05) is 24.4 Å². The lowest BCUT2D eigenvalue weighted by Crippen LogP contribution is -2.33. The molecule has 0 radical (unpaired) electrons. The second kappa shape index (κ2) is 14.3. The minimum Gasteiger partial charge on any atom is -0.462 e. The molecule has 0 aromatic rings. The topological polar surface area (TPSA) is 78.7 Å². The number of nitrogens with zero attached hydrogens (tertiary/aromatic N) is 1. The van der Waals surface area contributed by atoms with Crippen LogP contribution in [0.5, 0.6) is 0 Å². The van der Waals surface area contributed by atoms with Crippen LogP contribution < -0.4 is 0 Å². The number of carbonyl (C=O) groups is 1. The van der Waals surface area contributed by atoms with Crippen LogP contribution in [0.4, 0.5) is 0 Å².